The van der Waals surface area contributed by atoms with E-state index in [0.29, 0.717) is 12.2 Å². The van der Waals surface area contributed by atoms with Crippen molar-refractivity contribution in [1.29, 1.82) is 0 Å². The number of rotatable bonds is 4. The predicted molar refractivity (Wildman–Crippen MR) is 68.9 cm³/mol. The molecule has 1 aromatic heterocycles. The summed E-state index contributed by atoms with van der Waals surface area (Å²) < 4.78 is 0. The number of carbonyl (C=O) groups is 1. The second kappa shape index (κ2) is 5.43. The van der Waals surface area contributed by atoms with E-state index in [-0.39, 0.29) is 11.3 Å². The van der Waals surface area contributed by atoms with E-state index in [9.17, 15) is 4.79 Å². The zero-order chi connectivity index (χ0) is 12.2. The second-order valence-electron chi connectivity index (χ2n) is 4.65. The molecule has 1 rings (SSSR count). The number of aryl methyl sites for hydroxylation is 1. The molecule has 3 nitrogen and oxygen atoms in total. The summed E-state index contributed by atoms with van der Waals surface area (Å²) in [6.45, 7) is 6.70. The van der Waals surface area contributed by atoms with Gasteiger partial charge in [0.1, 0.15) is 5.69 Å². The Balaban J connectivity index is 2.64. The van der Waals surface area contributed by atoms with E-state index >= 15 is 0 Å². The van der Waals surface area contributed by atoms with Crippen LogP contribution < -0.4 is 5.32 Å². The highest BCUT2D eigenvalue weighted by Gasteiger charge is 2.18. The lowest BCUT2D eigenvalue weighted by atomic mass is 9.97. The fourth-order valence-corrected chi connectivity index (χ4v) is 1.37. The van der Waals surface area contributed by atoms with Gasteiger partial charge in [-0.1, -0.05) is 35.8 Å². The summed E-state index contributed by atoms with van der Waals surface area (Å²) in [5.74, 6) is -0.105. The van der Waals surface area contributed by atoms with E-state index in [1.54, 1.807) is 6.20 Å². The Labute approximate surface area is 105 Å². The Morgan fingerprint density at radius 2 is 2.25 bits per heavy atom. The van der Waals surface area contributed by atoms with Crippen molar-refractivity contribution < 1.29 is 4.79 Å². The number of pyridine rings is 1. The molecule has 0 atom stereocenters. The van der Waals surface area contributed by atoms with Crippen LogP contribution in [0.3, 0.4) is 0 Å². The molecule has 0 aliphatic carbocycles. The highest BCUT2D eigenvalue weighted by Crippen LogP contribution is 2.16. The fourth-order valence-electron chi connectivity index (χ4n) is 1.17. The van der Waals surface area contributed by atoms with Gasteiger partial charge in [-0.3, -0.25) is 9.78 Å². The van der Waals surface area contributed by atoms with Gasteiger partial charge in [0.2, 0.25) is 0 Å². The summed E-state index contributed by atoms with van der Waals surface area (Å²) >= 11 is 3.42. The first-order valence-electron chi connectivity index (χ1n) is 5.22. The lowest BCUT2D eigenvalue weighted by Crippen LogP contribution is -2.35. The van der Waals surface area contributed by atoms with Gasteiger partial charge in [0.25, 0.3) is 5.91 Å². The van der Waals surface area contributed by atoms with Crippen LogP contribution >= 0.6 is 15.9 Å². The zero-order valence-corrected chi connectivity index (χ0v) is 11.5. The highest BCUT2D eigenvalue weighted by atomic mass is 79.9. The molecule has 0 fully saturated rings. The number of halogens is 1. The maximum atomic E-state index is 11.8. The molecule has 4 heteroatoms. The van der Waals surface area contributed by atoms with Gasteiger partial charge in [-0.15, -0.1) is 0 Å². The Morgan fingerprint density at radius 1 is 1.56 bits per heavy atom. The van der Waals surface area contributed by atoms with Gasteiger partial charge in [-0.25, -0.2) is 0 Å². The van der Waals surface area contributed by atoms with Gasteiger partial charge in [-0.2, -0.15) is 0 Å². The van der Waals surface area contributed by atoms with Crippen molar-refractivity contribution in [2.24, 2.45) is 5.41 Å². The number of nitrogens with zero attached hydrogens (tertiary/aromatic N) is 1. The summed E-state index contributed by atoms with van der Waals surface area (Å²) in [4.78, 5) is 15.9. The molecule has 0 bridgehead atoms. The smallest absolute Gasteiger partial charge is 0.270 e. The van der Waals surface area contributed by atoms with E-state index in [2.05, 4.69) is 40.1 Å². The number of nitrogens with one attached hydrogen (secondary N) is 1. The van der Waals surface area contributed by atoms with Crippen LogP contribution in [0, 0.1) is 12.3 Å². The second-order valence-corrected chi connectivity index (χ2v) is 5.21. The molecule has 1 heterocycles. The summed E-state index contributed by atoms with van der Waals surface area (Å²) in [5, 5.41) is 3.75. The molecule has 16 heavy (non-hydrogen) atoms. The molecule has 1 N–H and O–H groups in total. The molecule has 0 unspecified atom stereocenters. The lowest BCUT2D eigenvalue weighted by Gasteiger charge is -2.21. The molecule has 0 spiro atoms. The molecule has 0 radical (unpaired) electrons. The van der Waals surface area contributed by atoms with Crippen LogP contribution in [-0.2, 0) is 0 Å². The van der Waals surface area contributed by atoms with Gasteiger partial charge in [0.05, 0.1) is 0 Å². The van der Waals surface area contributed by atoms with Crippen LogP contribution in [0.2, 0.25) is 0 Å². The van der Waals surface area contributed by atoms with Crippen molar-refractivity contribution >= 4 is 21.8 Å². The van der Waals surface area contributed by atoms with Crippen LogP contribution in [0.5, 0.6) is 0 Å². The summed E-state index contributed by atoms with van der Waals surface area (Å²) in [5.41, 5.74) is 1.46. The van der Waals surface area contributed by atoms with Gasteiger partial charge in [0, 0.05) is 18.1 Å². The van der Waals surface area contributed by atoms with Gasteiger partial charge < -0.3 is 5.32 Å². The third kappa shape index (κ3) is 3.59. The highest BCUT2D eigenvalue weighted by molar-refractivity contribution is 9.09. The number of amides is 1. The SMILES string of the molecule is Cc1cccnc1C(=O)NCC(C)(C)CBr. The van der Waals surface area contributed by atoms with Crippen LogP contribution in [-0.4, -0.2) is 22.8 Å². The Kier molecular flexibility index (Phi) is 4.47. The minimum atomic E-state index is -0.105. The summed E-state index contributed by atoms with van der Waals surface area (Å²) in [7, 11) is 0. The molecule has 88 valence electrons. The first-order chi connectivity index (χ1) is 7.46. The van der Waals surface area contributed by atoms with Crippen molar-refractivity contribution in [3.8, 4) is 0 Å². The molecule has 1 amide bonds. The number of hydrogen-bond donors (Lipinski definition) is 1. The van der Waals surface area contributed by atoms with Crippen molar-refractivity contribution in [2.45, 2.75) is 20.8 Å². The number of hydrogen-bond acceptors (Lipinski definition) is 2. The van der Waals surface area contributed by atoms with Crippen molar-refractivity contribution in [1.82, 2.24) is 10.3 Å². The quantitative estimate of drug-likeness (QED) is 0.864. The van der Waals surface area contributed by atoms with Crippen molar-refractivity contribution in [2.75, 3.05) is 11.9 Å². The van der Waals surface area contributed by atoms with Gasteiger partial charge in [-0.05, 0) is 24.0 Å². The molecular formula is C12H17BrN2O. The van der Waals surface area contributed by atoms with Crippen molar-refractivity contribution in [3.05, 3.63) is 29.6 Å². The summed E-state index contributed by atoms with van der Waals surface area (Å²) in [6, 6.07) is 3.71. The third-order valence-corrected chi connectivity index (χ3v) is 3.83. The third-order valence-electron chi connectivity index (χ3n) is 2.31. The van der Waals surface area contributed by atoms with Crippen LogP contribution in [0.1, 0.15) is 29.9 Å². The Bertz CT molecular complexity index is 377. The molecule has 1 aromatic rings. The normalized spacial score (nSPS) is 11.2. The molecule has 0 aliphatic rings. The summed E-state index contributed by atoms with van der Waals surface area (Å²) in [6.07, 6.45) is 1.64. The number of alkyl halides is 1. The van der Waals surface area contributed by atoms with E-state index in [0.717, 1.165) is 10.9 Å². The standard InChI is InChI=1S/C12H17BrN2O/c1-9-5-4-6-14-10(9)11(16)15-8-12(2,3)7-13/h4-6H,7-8H2,1-3H3,(H,15,16). The van der Waals surface area contributed by atoms with E-state index in [4.69, 9.17) is 0 Å². The maximum Gasteiger partial charge on any atom is 0.270 e. The minimum absolute atomic E-state index is 0.0539. The first-order valence-corrected chi connectivity index (χ1v) is 6.34. The van der Waals surface area contributed by atoms with E-state index in [1.165, 1.54) is 0 Å². The lowest BCUT2D eigenvalue weighted by molar-refractivity contribution is 0.0934. The molecule has 0 saturated carbocycles. The fraction of sp³-hybridized carbons (Fsp3) is 0.500. The zero-order valence-electron chi connectivity index (χ0n) is 9.88. The Morgan fingerprint density at radius 3 is 2.81 bits per heavy atom. The molecule has 0 aromatic carbocycles. The predicted octanol–water partition coefficient (Wildman–Crippen LogP) is 2.54. The average molecular weight is 285 g/mol. The molecular weight excluding hydrogens is 268 g/mol. The number of carbonyl (C=O) groups excluding carboxylic acids is 1. The van der Waals surface area contributed by atoms with Crippen LogP contribution in [0.15, 0.2) is 18.3 Å². The van der Waals surface area contributed by atoms with E-state index < -0.39 is 0 Å². The van der Waals surface area contributed by atoms with Crippen molar-refractivity contribution in [3.63, 3.8) is 0 Å². The first kappa shape index (κ1) is 13.2. The number of aromatic nitrogens is 1. The topological polar surface area (TPSA) is 42.0 Å². The van der Waals surface area contributed by atoms with Gasteiger partial charge >= 0.3 is 0 Å². The minimum Gasteiger partial charge on any atom is -0.350 e. The largest absolute Gasteiger partial charge is 0.350 e. The van der Waals surface area contributed by atoms with Crippen LogP contribution in [0.25, 0.3) is 0 Å². The molecule has 0 aliphatic heterocycles. The molecule has 0 saturated heterocycles. The monoisotopic (exact) mass is 284 g/mol. The average Bonchev–Trinajstić information content (AvgIpc) is 2.27. The maximum absolute atomic E-state index is 11.8. The Hall–Kier alpha value is -0.900. The van der Waals surface area contributed by atoms with E-state index in [1.807, 2.05) is 19.1 Å². The van der Waals surface area contributed by atoms with Crippen LogP contribution in [0.4, 0.5) is 0 Å². The van der Waals surface area contributed by atoms with Gasteiger partial charge in [0.15, 0.2) is 0 Å².